The van der Waals surface area contributed by atoms with Crippen molar-refractivity contribution in [3.05, 3.63) is 23.2 Å². The van der Waals surface area contributed by atoms with Gasteiger partial charge in [0.05, 0.1) is 11.7 Å². The number of halogens is 3. The molecule has 0 amide bonds. The van der Waals surface area contributed by atoms with Crippen molar-refractivity contribution in [2.45, 2.75) is 6.18 Å². The zero-order valence-corrected chi connectivity index (χ0v) is 8.67. The van der Waals surface area contributed by atoms with Crippen LogP contribution in [0, 0.1) is 0 Å². The molecule has 0 saturated heterocycles. The first-order valence-corrected chi connectivity index (χ1v) is 4.97. The lowest BCUT2D eigenvalue weighted by Gasteiger charge is -2.00. The van der Waals surface area contributed by atoms with E-state index in [2.05, 4.69) is 14.4 Å². The Labute approximate surface area is 95.5 Å². The molecule has 0 aliphatic rings. The highest BCUT2D eigenvalue weighted by Crippen LogP contribution is 2.35. The van der Waals surface area contributed by atoms with Crippen LogP contribution >= 0.6 is 11.3 Å². The zero-order valence-electron chi connectivity index (χ0n) is 7.85. The van der Waals surface area contributed by atoms with Gasteiger partial charge in [-0.3, -0.25) is 4.98 Å². The van der Waals surface area contributed by atoms with Gasteiger partial charge in [0.25, 0.3) is 0 Å². The monoisotopic (exact) mass is 264 g/mol. The first-order valence-electron chi connectivity index (χ1n) is 4.10. The zero-order chi connectivity index (χ0) is 12.6. The topological polar surface area (TPSA) is 76.2 Å². The SMILES string of the molecule is O=C(O)c1oc(-c2cncs2)nc1C(F)(F)F. The Hall–Kier alpha value is -1.90. The van der Waals surface area contributed by atoms with E-state index in [0.717, 1.165) is 11.3 Å². The number of carboxylic acids is 1. The third-order valence-electron chi connectivity index (χ3n) is 1.73. The van der Waals surface area contributed by atoms with Crippen LogP contribution in [0.15, 0.2) is 16.1 Å². The smallest absolute Gasteiger partial charge is 0.437 e. The fourth-order valence-electron chi connectivity index (χ4n) is 1.08. The van der Waals surface area contributed by atoms with E-state index in [-0.39, 0.29) is 4.88 Å². The fraction of sp³-hybridized carbons (Fsp3) is 0.125. The minimum absolute atomic E-state index is 0.225. The van der Waals surface area contributed by atoms with Gasteiger partial charge in [-0.1, -0.05) is 0 Å². The number of alkyl halides is 3. The first kappa shape index (κ1) is 11.6. The second-order valence-corrected chi connectivity index (χ2v) is 3.75. The molecule has 2 heterocycles. The van der Waals surface area contributed by atoms with Gasteiger partial charge in [-0.25, -0.2) is 9.78 Å². The lowest BCUT2D eigenvalue weighted by Crippen LogP contribution is -2.11. The molecule has 0 aliphatic carbocycles. The minimum Gasteiger partial charge on any atom is -0.475 e. The summed E-state index contributed by atoms with van der Waals surface area (Å²) in [7, 11) is 0. The normalized spacial score (nSPS) is 11.7. The molecule has 90 valence electrons. The molecular formula is C8H3F3N2O3S. The average Bonchev–Trinajstić information content (AvgIpc) is 2.85. The maximum Gasteiger partial charge on any atom is 0.437 e. The highest BCUT2D eigenvalue weighted by atomic mass is 32.1. The van der Waals surface area contributed by atoms with E-state index in [9.17, 15) is 18.0 Å². The third kappa shape index (κ3) is 2.13. The molecule has 0 unspecified atom stereocenters. The van der Waals surface area contributed by atoms with Gasteiger partial charge in [0, 0.05) is 0 Å². The lowest BCUT2D eigenvalue weighted by atomic mass is 10.3. The van der Waals surface area contributed by atoms with Crippen molar-refractivity contribution >= 4 is 17.3 Å². The third-order valence-corrected chi connectivity index (χ3v) is 2.49. The molecular weight excluding hydrogens is 261 g/mol. The molecule has 0 aromatic carbocycles. The van der Waals surface area contributed by atoms with Gasteiger partial charge in [-0.2, -0.15) is 13.2 Å². The quantitative estimate of drug-likeness (QED) is 0.901. The largest absolute Gasteiger partial charge is 0.475 e. The summed E-state index contributed by atoms with van der Waals surface area (Å²) in [6.45, 7) is 0. The highest BCUT2D eigenvalue weighted by Gasteiger charge is 2.41. The highest BCUT2D eigenvalue weighted by molar-refractivity contribution is 7.13. The van der Waals surface area contributed by atoms with Gasteiger partial charge in [0.2, 0.25) is 11.7 Å². The van der Waals surface area contributed by atoms with Gasteiger partial charge in [-0.15, -0.1) is 11.3 Å². The Morgan fingerprint density at radius 1 is 1.47 bits per heavy atom. The molecule has 0 atom stereocenters. The van der Waals surface area contributed by atoms with Crippen LogP contribution in [0.5, 0.6) is 0 Å². The van der Waals surface area contributed by atoms with E-state index in [1.54, 1.807) is 0 Å². The van der Waals surface area contributed by atoms with Gasteiger partial charge in [0.15, 0.2) is 5.69 Å². The van der Waals surface area contributed by atoms with Gasteiger partial charge in [0.1, 0.15) is 4.88 Å². The molecule has 2 aromatic heterocycles. The number of aromatic nitrogens is 2. The van der Waals surface area contributed by atoms with Crippen LogP contribution in [0.4, 0.5) is 13.2 Å². The molecule has 2 rings (SSSR count). The van der Waals surface area contributed by atoms with Crippen LogP contribution in [0.25, 0.3) is 10.8 Å². The van der Waals surface area contributed by atoms with Crippen molar-refractivity contribution in [3.63, 3.8) is 0 Å². The molecule has 0 fully saturated rings. The van der Waals surface area contributed by atoms with Crippen molar-refractivity contribution < 1.29 is 27.5 Å². The summed E-state index contributed by atoms with van der Waals surface area (Å²) in [6.07, 6.45) is -3.64. The van der Waals surface area contributed by atoms with Gasteiger partial charge < -0.3 is 9.52 Å². The van der Waals surface area contributed by atoms with Crippen molar-refractivity contribution in [3.8, 4) is 10.8 Å². The Balaban J connectivity index is 2.56. The van der Waals surface area contributed by atoms with E-state index < -0.39 is 29.5 Å². The van der Waals surface area contributed by atoms with Crippen LogP contribution in [0.3, 0.4) is 0 Å². The number of hydrogen-bond donors (Lipinski definition) is 1. The number of hydrogen-bond acceptors (Lipinski definition) is 5. The maximum atomic E-state index is 12.5. The van der Waals surface area contributed by atoms with E-state index in [1.807, 2.05) is 0 Å². The number of nitrogens with zero attached hydrogens (tertiary/aromatic N) is 2. The summed E-state index contributed by atoms with van der Waals surface area (Å²) in [5.41, 5.74) is -0.179. The predicted molar refractivity (Wildman–Crippen MR) is 49.6 cm³/mol. The summed E-state index contributed by atoms with van der Waals surface area (Å²) in [5, 5.41) is 8.59. The van der Waals surface area contributed by atoms with Crippen molar-refractivity contribution in [1.82, 2.24) is 9.97 Å². The van der Waals surface area contributed by atoms with Gasteiger partial charge in [-0.05, 0) is 0 Å². The lowest BCUT2D eigenvalue weighted by molar-refractivity contribution is -0.141. The van der Waals surface area contributed by atoms with Crippen molar-refractivity contribution in [2.75, 3.05) is 0 Å². The molecule has 0 spiro atoms. The van der Waals surface area contributed by atoms with Crippen LogP contribution in [-0.2, 0) is 6.18 Å². The molecule has 0 saturated carbocycles. The number of carbonyl (C=O) groups is 1. The second-order valence-electron chi connectivity index (χ2n) is 2.87. The molecule has 17 heavy (non-hydrogen) atoms. The second kappa shape index (κ2) is 3.84. The molecule has 0 aliphatic heterocycles. The Morgan fingerprint density at radius 2 is 2.18 bits per heavy atom. The number of carboxylic acid groups (broad SMARTS) is 1. The summed E-state index contributed by atoms with van der Waals surface area (Å²) in [5.74, 6) is -3.45. The van der Waals surface area contributed by atoms with E-state index in [4.69, 9.17) is 5.11 Å². The summed E-state index contributed by atoms with van der Waals surface area (Å²) in [4.78, 5) is 17.6. The van der Waals surface area contributed by atoms with Crippen molar-refractivity contribution in [2.24, 2.45) is 0 Å². The van der Waals surface area contributed by atoms with Crippen LogP contribution in [0.2, 0.25) is 0 Å². The fourth-order valence-corrected chi connectivity index (χ4v) is 1.63. The van der Waals surface area contributed by atoms with E-state index in [1.165, 1.54) is 11.7 Å². The van der Waals surface area contributed by atoms with Crippen molar-refractivity contribution in [1.29, 1.82) is 0 Å². The minimum atomic E-state index is -4.87. The first-order chi connectivity index (χ1) is 7.89. The molecule has 0 bridgehead atoms. The number of aromatic carboxylic acids is 1. The van der Waals surface area contributed by atoms with Crippen LogP contribution in [-0.4, -0.2) is 21.0 Å². The number of oxazole rings is 1. The Kier molecular flexibility index (Phi) is 2.62. The summed E-state index contributed by atoms with van der Waals surface area (Å²) < 4.78 is 42.0. The number of rotatable bonds is 2. The van der Waals surface area contributed by atoms with E-state index >= 15 is 0 Å². The molecule has 1 N–H and O–H groups in total. The summed E-state index contributed by atoms with van der Waals surface area (Å²) in [6, 6.07) is 0. The number of thiazole rings is 1. The van der Waals surface area contributed by atoms with Crippen LogP contribution < -0.4 is 0 Å². The Morgan fingerprint density at radius 3 is 2.59 bits per heavy atom. The summed E-state index contributed by atoms with van der Waals surface area (Å²) >= 11 is 0.993. The molecule has 0 radical (unpaired) electrons. The van der Waals surface area contributed by atoms with Crippen LogP contribution in [0.1, 0.15) is 16.2 Å². The standard InChI is InChI=1S/C8H3F3N2O3S/c9-8(10,11)5-4(7(14)15)16-6(13-5)3-1-12-2-17-3/h1-2H,(H,14,15). The molecule has 5 nitrogen and oxygen atoms in total. The molecule has 9 heteroatoms. The average molecular weight is 264 g/mol. The van der Waals surface area contributed by atoms with E-state index in [0.29, 0.717) is 0 Å². The maximum absolute atomic E-state index is 12.5. The predicted octanol–water partition coefficient (Wildman–Crippen LogP) is 2.52. The van der Waals surface area contributed by atoms with Gasteiger partial charge >= 0.3 is 12.1 Å². The Bertz CT molecular complexity index is 547. The molecule has 2 aromatic rings.